The van der Waals surface area contributed by atoms with Crippen molar-refractivity contribution in [3.63, 3.8) is 0 Å². The number of anilines is 2. The number of hydrogen-bond donors (Lipinski definition) is 2. The van der Waals surface area contributed by atoms with Gasteiger partial charge in [0.05, 0.1) is 16.9 Å². The van der Waals surface area contributed by atoms with Gasteiger partial charge in [0.2, 0.25) is 0 Å². The molecule has 0 atom stereocenters. The SMILES string of the molecule is CCCNc1ccc(C(=O)OC(C)(C)C)cc1N. The Hall–Kier alpha value is -1.71. The van der Waals surface area contributed by atoms with Crippen LogP contribution < -0.4 is 11.1 Å². The van der Waals surface area contributed by atoms with Gasteiger partial charge in [0, 0.05) is 6.54 Å². The van der Waals surface area contributed by atoms with Crippen LogP contribution in [0.25, 0.3) is 0 Å². The molecule has 0 aliphatic rings. The van der Waals surface area contributed by atoms with E-state index in [1.54, 1.807) is 12.1 Å². The molecule has 0 fully saturated rings. The normalized spacial score (nSPS) is 11.1. The van der Waals surface area contributed by atoms with Gasteiger partial charge in [0.1, 0.15) is 5.60 Å². The Bertz CT molecular complexity index is 422. The molecule has 0 amide bonds. The summed E-state index contributed by atoms with van der Waals surface area (Å²) in [6, 6.07) is 5.18. The number of nitrogens with two attached hydrogens (primary N) is 1. The van der Waals surface area contributed by atoms with Gasteiger partial charge in [-0.05, 0) is 45.4 Å². The number of carbonyl (C=O) groups is 1. The largest absolute Gasteiger partial charge is 0.456 e. The van der Waals surface area contributed by atoms with Crippen LogP contribution in [0.3, 0.4) is 0 Å². The minimum atomic E-state index is -0.495. The lowest BCUT2D eigenvalue weighted by Gasteiger charge is -2.19. The molecule has 0 saturated carbocycles. The molecule has 1 aromatic rings. The minimum absolute atomic E-state index is 0.351. The van der Waals surface area contributed by atoms with Crippen LogP contribution in [-0.2, 0) is 4.74 Å². The molecular weight excluding hydrogens is 228 g/mol. The van der Waals surface area contributed by atoms with Crippen LogP contribution in [0.1, 0.15) is 44.5 Å². The van der Waals surface area contributed by atoms with Crippen LogP contribution >= 0.6 is 0 Å². The highest BCUT2D eigenvalue weighted by atomic mass is 16.6. The average molecular weight is 250 g/mol. The van der Waals surface area contributed by atoms with Crippen molar-refractivity contribution in [2.75, 3.05) is 17.6 Å². The quantitative estimate of drug-likeness (QED) is 0.636. The molecule has 4 nitrogen and oxygen atoms in total. The zero-order valence-electron chi connectivity index (χ0n) is 11.5. The molecule has 1 aromatic carbocycles. The molecule has 1 rings (SSSR count). The van der Waals surface area contributed by atoms with E-state index in [1.165, 1.54) is 0 Å². The van der Waals surface area contributed by atoms with E-state index in [-0.39, 0.29) is 5.97 Å². The van der Waals surface area contributed by atoms with E-state index < -0.39 is 5.60 Å². The lowest BCUT2D eigenvalue weighted by molar-refractivity contribution is 0.00696. The summed E-state index contributed by atoms with van der Waals surface area (Å²) in [5.74, 6) is -0.351. The third-order valence-corrected chi connectivity index (χ3v) is 2.25. The van der Waals surface area contributed by atoms with Crippen LogP contribution in [0.15, 0.2) is 18.2 Å². The predicted octanol–water partition coefficient (Wildman–Crippen LogP) is 3.05. The summed E-state index contributed by atoms with van der Waals surface area (Å²) < 4.78 is 5.28. The number of esters is 1. The van der Waals surface area contributed by atoms with Gasteiger partial charge in [-0.15, -0.1) is 0 Å². The number of nitrogen functional groups attached to an aromatic ring is 1. The van der Waals surface area contributed by atoms with Crippen LogP contribution in [-0.4, -0.2) is 18.1 Å². The maximum absolute atomic E-state index is 11.8. The minimum Gasteiger partial charge on any atom is -0.456 e. The maximum Gasteiger partial charge on any atom is 0.338 e. The Morgan fingerprint density at radius 2 is 2.06 bits per heavy atom. The van der Waals surface area contributed by atoms with Crippen molar-refractivity contribution in [2.24, 2.45) is 0 Å². The van der Waals surface area contributed by atoms with Gasteiger partial charge < -0.3 is 15.8 Å². The third-order valence-electron chi connectivity index (χ3n) is 2.25. The lowest BCUT2D eigenvalue weighted by atomic mass is 10.1. The second kappa shape index (κ2) is 5.76. The van der Waals surface area contributed by atoms with Crippen LogP contribution in [0.5, 0.6) is 0 Å². The molecule has 0 bridgehead atoms. The fraction of sp³-hybridized carbons (Fsp3) is 0.500. The summed E-state index contributed by atoms with van der Waals surface area (Å²) in [5, 5.41) is 3.20. The van der Waals surface area contributed by atoms with Crippen molar-refractivity contribution >= 4 is 17.3 Å². The van der Waals surface area contributed by atoms with Crippen molar-refractivity contribution < 1.29 is 9.53 Å². The lowest BCUT2D eigenvalue weighted by Crippen LogP contribution is -2.24. The number of rotatable bonds is 4. The highest BCUT2D eigenvalue weighted by Crippen LogP contribution is 2.21. The molecule has 0 radical (unpaired) electrons. The number of ether oxygens (including phenoxy) is 1. The summed E-state index contributed by atoms with van der Waals surface area (Å²) in [6.45, 7) is 8.45. The molecule has 0 aromatic heterocycles. The molecule has 0 aliphatic heterocycles. The zero-order chi connectivity index (χ0) is 13.8. The van der Waals surface area contributed by atoms with E-state index in [0.717, 1.165) is 18.7 Å². The van der Waals surface area contributed by atoms with Gasteiger partial charge in [0.15, 0.2) is 0 Å². The fourth-order valence-electron chi connectivity index (χ4n) is 1.45. The van der Waals surface area contributed by atoms with E-state index in [2.05, 4.69) is 12.2 Å². The Kier molecular flexibility index (Phi) is 4.59. The Balaban J connectivity index is 2.80. The second-order valence-corrected chi connectivity index (χ2v) is 5.23. The van der Waals surface area contributed by atoms with Gasteiger partial charge in [-0.3, -0.25) is 0 Å². The standard InChI is InChI=1S/C14H22N2O2/c1-5-8-16-12-7-6-10(9-11(12)15)13(17)18-14(2,3)4/h6-7,9,16H,5,8,15H2,1-4H3. The smallest absolute Gasteiger partial charge is 0.338 e. The first kappa shape index (κ1) is 14.4. The predicted molar refractivity (Wildman–Crippen MR) is 74.8 cm³/mol. The topological polar surface area (TPSA) is 64.3 Å². The highest BCUT2D eigenvalue weighted by Gasteiger charge is 2.18. The molecule has 0 heterocycles. The summed E-state index contributed by atoms with van der Waals surface area (Å²) in [4.78, 5) is 11.8. The van der Waals surface area contributed by atoms with E-state index in [0.29, 0.717) is 11.3 Å². The Labute approximate surface area is 109 Å². The van der Waals surface area contributed by atoms with Crippen molar-refractivity contribution in [1.29, 1.82) is 0 Å². The summed E-state index contributed by atoms with van der Waals surface area (Å²) >= 11 is 0. The third kappa shape index (κ3) is 4.28. The summed E-state index contributed by atoms with van der Waals surface area (Å²) in [6.07, 6.45) is 1.02. The zero-order valence-corrected chi connectivity index (χ0v) is 11.5. The summed E-state index contributed by atoms with van der Waals surface area (Å²) in [5.41, 5.74) is 7.29. The number of carbonyl (C=O) groups excluding carboxylic acids is 1. The van der Waals surface area contributed by atoms with Crippen molar-refractivity contribution in [3.8, 4) is 0 Å². The molecule has 3 N–H and O–H groups in total. The van der Waals surface area contributed by atoms with Crippen LogP contribution in [0.4, 0.5) is 11.4 Å². The van der Waals surface area contributed by atoms with Gasteiger partial charge in [-0.2, -0.15) is 0 Å². The van der Waals surface area contributed by atoms with E-state index in [9.17, 15) is 4.79 Å². The van der Waals surface area contributed by atoms with E-state index in [1.807, 2.05) is 26.8 Å². The Morgan fingerprint density at radius 1 is 1.39 bits per heavy atom. The molecular formula is C14H22N2O2. The Morgan fingerprint density at radius 3 is 2.56 bits per heavy atom. The molecule has 18 heavy (non-hydrogen) atoms. The van der Waals surface area contributed by atoms with E-state index in [4.69, 9.17) is 10.5 Å². The van der Waals surface area contributed by atoms with Crippen LogP contribution in [0, 0.1) is 0 Å². The monoisotopic (exact) mass is 250 g/mol. The number of hydrogen-bond acceptors (Lipinski definition) is 4. The van der Waals surface area contributed by atoms with Crippen LogP contribution in [0.2, 0.25) is 0 Å². The second-order valence-electron chi connectivity index (χ2n) is 5.23. The first-order chi connectivity index (χ1) is 8.33. The maximum atomic E-state index is 11.8. The average Bonchev–Trinajstić information content (AvgIpc) is 2.25. The first-order valence-electron chi connectivity index (χ1n) is 6.20. The molecule has 0 spiro atoms. The van der Waals surface area contributed by atoms with Gasteiger partial charge in [0.25, 0.3) is 0 Å². The number of benzene rings is 1. The number of nitrogens with one attached hydrogen (secondary N) is 1. The van der Waals surface area contributed by atoms with Crippen molar-refractivity contribution in [2.45, 2.75) is 39.7 Å². The van der Waals surface area contributed by atoms with Gasteiger partial charge >= 0.3 is 5.97 Å². The fourth-order valence-corrected chi connectivity index (χ4v) is 1.45. The molecule has 0 unspecified atom stereocenters. The van der Waals surface area contributed by atoms with E-state index >= 15 is 0 Å². The molecule has 0 aliphatic carbocycles. The molecule has 100 valence electrons. The van der Waals surface area contributed by atoms with Gasteiger partial charge in [-0.1, -0.05) is 6.92 Å². The highest BCUT2D eigenvalue weighted by molar-refractivity contribution is 5.92. The first-order valence-corrected chi connectivity index (χ1v) is 6.20. The molecule has 0 saturated heterocycles. The van der Waals surface area contributed by atoms with Gasteiger partial charge in [-0.25, -0.2) is 4.79 Å². The van der Waals surface area contributed by atoms with Crippen molar-refractivity contribution in [3.05, 3.63) is 23.8 Å². The van der Waals surface area contributed by atoms with Crippen molar-refractivity contribution in [1.82, 2.24) is 0 Å². The summed E-state index contributed by atoms with van der Waals surface area (Å²) in [7, 11) is 0. The molecule has 4 heteroatoms.